The first-order valence-corrected chi connectivity index (χ1v) is 9.20. The molecule has 1 aromatic carbocycles. The van der Waals surface area contributed by atoms with Gasteiger partial charge in [0.05, 0.1) is 18.8 Å². The lowest BCUT2D eigenvalue weighted by Crippen LogP contribution is -2.31. The predicted molar refractivity (Wildman–Crippen MR) is 99.5 cm³/mol. The van der Waals surface area contributed by atoms with Gasteiger partial charge in [-0.2, -0.15) is 0 Å². The molecule has 1 aromatic rings. The smallest absolute Gasteiger partial charge is 0.239 e. The minimum Gasteiger partial charge on any atom is -0.491 e. The molecular weight excluding hydrogens is 300 g/mol. The number of hydrogen-bond donors (Lipinski definition) is 2. The van der Waals surface area contributed by atoms with Gasteiger partial charge in [-0.25, -0.2) is 0 Å². The molecular formula is C20H30N2O2. The Balaban J connectivity index is 1.70. The molecule has 1 aliphatic carbocycles. The first-order valence-electron chi connectivity index (χ1n) is 9.20. The first kappa shape index (κ1) is 18.4. The minimum absolute atomic E-state index is 0.0229. The number of allylic oxidation sites excluding steroid dienone is 1. The van der Waals surface area contributed by atoms with E-state index in [9.17, 15) is 4.79 Å². The average molecular weight is 330 g/mol. The van der Waals surface area contributed by atoms with Crippen LogP contribution >= 0.6 is 0 Å². The number of ether oxygens (including phenoxy) is 1. The summed E-state index contributed by atoms with van der Waals surface area (Å²) in [6.07, 6.45) is 10.4. The van der Waals surface area contributed by atoms with Crippen LogP contribution < -0.4 is 15.4 Å². The van der Waals surface area contributed by atoms with Crippen LogP contribution in [0.2, 0.25) is 0 Å². The zero-order chi connectivity index (χ0) is 17.0. The zero-order valence-corrected chi connectivity index (χ0v) is 14.8. The monoisotopic (exact) mass is 330 g/mol. The lowest BCUT2D eigenvalue weighted by atomic mass is 9.97. The predicted octanol–water partition coefficient (Wildman–Crippen LogP) is 4.28. The highest BCUT2D eigenvalue weighted by Gasteiger charge is 2.07. The van der Waals surface area contributed by atoms with Crippen LogP contribution in [0.1, 0.15) is 51.9 Å². The Hall–Kier alpha value is -1.97. The average Bonchev–Trinajstić information content (AvgIpc) is 2.62. The van der Waals surface area contributed by atoms with Crippen LogP contribution in [0.3, 0.4) is 0 Å². The minimum atomic E-state index is 0.0229. The van der Waals surface area contributed by atoms with Crippen molar-refractivity contribution in [2.24, 2.45) is 0 Å². The van der Waals surface area contributed by atoms with Crippen molar-refractivity contribution in [3.05, 3.63) is 35.9 Å². The van der Waals surface area contributed by atoms with Crippen molar-refractivity contribution in [1.29, 1.82) is 0 Å². The Labute approximate surface area is 145 Å². The van der Waals surface area contributed by atoms with E-state index in [2.05, 4.69) is 23.6 Å². The van der Waals surface area contributed by atoms with E-state index in [1.54, 1.807) is 0 Å². The molecule has 0 bridgehead atoms. The Kier molecular flexibility index (Phi) is 8.22. The molecule has 0 aliphatic heterocycles. The summed E-state index contributed by atoms with van der Waals surface area (Å²) in [6, 6.07) is 7.78. The van der Waals surface area contributed by atoms with Crippen LogP contribution in [0.25, 0.3) is 0 Å². The molecule has 0 radical (unpaired) electrons. The SMILES string of the molecule is CCCCOc1ccccc1NCC(=O)NCCC1=CCCCC1. The maximum Gasteiger partial charge on any atom is 0.239 e. The Morgan fingerprint density at radius 2 is 2.12 bits per heavy atom. The Bertz CT molecular complexity index is 540. The summed E-state index contributed by atoms with van der Waals surface area (Å²) in [5.41, 5.74) is 2.36. The molecule has 0 spiro atoms. The van der Waals surface area contributed by atoms with E-state index >= 15 is 0 Å². The third kappa shape index (κ3) is 6.65. The summed E-state index contributed by atoms with van der Waals surface area (Å²) < 4.78 is 5.77. The van der Waals surface area contributed by atoms with Crippen LogP contribution in [-0.4, -0.2) is 25.6 Å². The molecule has 0 heterocycles. The molecule has 2 rings (SSSR count). The fraction of sp³-hybridized carbons (Fsp3) is 0.550. The highest BCUT2D eigenvalue weighted by atomic mass is 16.5. The molecule has 4 heteroatoms. The zero-order valence-electron chi connectivity index (χ0n) is 14.8. The molecule has 24 heavy (non-hydrogen) atoms. The molecule has 0 saturated carbocycles. The molecule has 0 atom stereocenters. The van der Waals surface area contributed by atoms with Crippen LogP contribution in [0, 0.1) is 0 Å². The number of rotatable bonds is 10. The second-order valence-electron chi connectivity index (χ2n) is 6.26. The third-order valence-electron chi connectivity index (χ3n) is 4.24. The standard InChI is InChI=1S/C20H30N2O2/c1-2-3-15-24-19-12-8-7-11-18(19)22-16-20(23)21-14-13-17-9-5-4-6-10-17/h7-9,11-12,22H,2-6,10,13-16H2,1H3,(H,21,23). The van der Waals surface area contributed by atoms with Gasteiger partial charge in [0.1, 0.15) is 5.75 Å². The molecule has 0 unspecified atom stereocenters. The van der Waals surface area contributed by atoms with Crippen molar-refractivity contribution in [2.75, 3.05) is 25.0 Å². The van der Waals surface area contributed by atoms with E-state index in [4.69, 9.17) is 4.74 Å². The summed E-state index contributed by atoms with van der Waals surface area (Å²) in [4.78, 5) is 12.0. The van der Waals surface area contributed by atoms with Crippen LogP contribution in [0.4, 0.5) is 5.69 Å². The summed E-state index contributed by atoms with van der Waals surface area (Å²) >= 11 is 0. The normalized spacial score (nSPS) is 14.0. The maximum atomic E-state index is 12.0. The van der Waals surface area contributed by atoms with Gasteiger partial charge in [0.2, 0.25) is 5.91 Å². The Morgan fingerprint density at radius 1 is 1.25 bits per heavy atom. The van der Waals surface area contributed by atoms with Crippen molar-refractivity contribution >= 4 is 11.6 Å². The van der Waals surface area contributed by atoms with Gasteiger partial charge in [-0.05, 0) is 50.7 Å². The molecule has 132 valence electrons. The number of carbonyl (C=O) groups is 1. The van der Waals surface area contributed by atoms with E-state index in [1.807, 2.05) is 24.3 Å². The van der Waals surface area contributed by atoms with Gasteiger partial charge in [-0.3, -0.25) is 4.79 Å². The van der Waals surface area contributed by atoms with Crippen molar-refractivity contribution in [3.63, 3.8) is 0 Å². The third-order valence-corrected chi connectivity index (χ3v) is 4.24. The molecule has 0 fully saturated rings. The van der Waals surface area contributed by atoms with Gasteiger partial charge in [-0.1, -0.05) is 37.1 Å². The van der Waals surface area contributed by atoms with E-state index in [0.717, 1.165) is 37.2 Å². The molecule has 1 aliphatic rings. The quantitative estimate of drug-likeness (QED) is 0.497. The van der Waals surface area contributed by atoms with Crippen molar-refractivity contribution in [2.45, 2.75) is 51.9 Å². The molecule has 2 N–H and O–H groups in total. The van der Waals surface area contributed by atoms with Crippen molar-refractivity contribution in [1.82, 2.24) is 5.32 Å². The van der Waals surface area contributed by atoms with Gasteiger partial charge >= 0.3 is 0 Å². The van der Waals surface area contributed by atoms with Gasteiger partial charge in [0, 0.05) is 6.54 Å². The number of hydrogen-bond acceptors (Lipinski definition) is 3. The lowest BCUT2D eigenvalue weighted by molar-refractivity contribution is -0.119. The maximum absolute atomic E-state index is 12.0. The van der Waals surface area contributed by atoms with E-state index in [0.29, 0.717) is 6.61 Å². The molecule has 0 saturated heterocycles. The topological polar surface area (TPSA) is 50.4 Å². The number of carbonyl (C=O) groups excluding carboxylic acids is 1. The van der Waals surface area contributed by atoms with E-state index in [-0.39, 0.29) is 12.5 Å². The summed E-state index contributed by atoms with van der Waals surface area (Å²) in [7, 11) is 0. The number of amides is 1. The van der Waals surface area contributed by atoms with Gasteiger partial charge in [0.15, 0.2) is 0 Å². The number of anilines is 1. The van der Waals surface area contributed by atoms with Gasteiger partial charge in [-0.15, -0.1) is 0 Å². The summed E-state index contributed by atoms with van der Waals surface area (Å²) in [5, 5.41) is 6.17. The first-order chi connectivity index (χ1) is 11.8. The number of benzene rings is 1. The van der Waals surface area contributed by atoms with Gasteiger partial charge < -0.3 is 15.4 Å². The fourth-order valence-corrected chi connectivity index (χ4v) is 2.80. The number of nitrogens with one attached hydrogen (secondary N) is 2. The van der Waals surface area contributed by atoms with Crippen LogP contribution in [0.5, 0.6) is 5.75 Å². The van der Waals surface area contributed by atoms with Crippen LogP contribution in [0.15, 0.2) is 35.9 Å². The van der Waals surface area contributed by atoms with E-state index in [1.165, 1.54) is 31.3 Å². The summed E-state index contributed by atoms with van der Waals surface area (Å²) in [6.45, 7) is 3.84. The Morgan fingerprint density at radius 3 is 2.92 bits per heavy atom. The largest absolute Gasteiger partial charge is 0.491 e. The highest BCUT2D eigenvalue weighted by Crippen LogP contribution is 2.23. The number of para-hydroxylation sites is 2. The molecule has 1 amide bonds. The second-order valence-corrected chi connectivity index (χ2v) is 6.26. The van der Waals surface area contributed by atoms with Crippen LogP contribution in [-0.2, 0) is 4.79 Å². The highest BCUT2D eigenvalue weighted by molar-refractivity contribution is 5.81. The van der Waals surface area contributed by atoms with Gasteiger partial charge in [0.25, 0.3) is 0 Å². The summed E-state index contributed by atoms with van der Waals surface area (Å²) in [5.74, 6) is 0.834. The van der Waals surface area contributed by atoms with Crippen molar-refractivity contribution in [3.8, 4) is 5.75 Å². The van der Waals surface area contributed by atoms with Crippen molar-refractivity contribution < 1.29 is 9.53 Å². The lowest BCUT2D eigenvalue weighted by Gasteiger charge is -2.14. The molecule has 0 aromatic heterocycles. The molecule has 4 nitrogen and oxygen atoms in total. The second kappa shape index (κ2) is 10.7. The fourth-order valence-electron chi connectivity index (χ4n) is 2.80. The number of unbranched alkanes of at least 4 members (excludes halogenated alkanes) is 1. The van der Waals surface area contributed by atoms with E-state index < -0.39 is 0 Å².